The monoisotopic (exact) mass is 319 g/mol. The lowest BCUT2D eigenvalue weighted by Gasteiger charge is -2.07. The number of anilines is 1. The minimum Gasteiger partial charge on any atom is -0.366 e. The number of rotatable bonds is 4. The van der Waals surface area contributed by atoms with E-state index in [9.17, 15) is 19.7 Å². The van der Waals surface area contributed by atoms with Crippen molar-refractivity contribution in [2.24, 2.45) is 5.73 Å². The zero-order valence-corrected chi connectivity index (χ0v) is 11.8. The Balaban J connectivity index is 2.26. The van der Waals surface area contributed by atoms with Crippen LogP contribution in [0, 0.1) is 10.1 Å². The molecule has 0 atom stereocenters. The number of primary amides is 1. The van der Waals surface area contributed by atoms with Crippen molar-refractivity contribution in [2.45, 2.75) is 0 Å². The van der Waals surface area contributed by atoms with Crippen molar-refractivity contribution in [1.29, 1.82) is 0 Å². The molecule has 0 unspecified atom stereocenters. The second-order valence-corrected chi connectivity index (χ2v) is 4.73. The van der Waals surface area contributed by atoms with Crippen molar-refractivity contribution in [2.75, 3.05) is 5.32 Å². The predicted molar refractivity (Wildman–Crippen MR) is 81.0 cm³/mol. The number of nitro groups is 1. The number of amides is 2. The van der Waals surface area contributed by atoms with E-state index in [0.717, 1.165) is 6.07 Å². The van der Waals surface area contributed by atoms with E-state index in [1.807, 2.05) is 0 Å². The minimum absolute atomic E-state index is 0.0681. The highest BCUT2D eigenvalue weighted by molar-refractivity contribution is 6.34. The fourth-order valence-corrected chi connectivity index (χ4v) is 1.97. The molecule has 22 heavy (non-hydrogen) atoms. The van der Waals surface area contributed by atoms with Crippen LogP contribution in [0.5, 0.6) is 0 Å². The molecule has 0 bridgehead atoms. The highest BCUT2D eigenvalue weighted by Crippen LogP contribution is 2.21. The average molecular weight is 320 g/mol. The number of carbonyl (C=O) groups excluding carboxylic acids is 2. The van der Waals surface area contributed by atoms with Gasteiger partial charge in [-0.3, -0.25) is 19.7 Å². The maximum Gasteiger partial charge on any atom is 0.270 e. The summed E-state index contributed by atoms with van der Waals surface area (Å²) in [6.45, 7) is 0. The molecule has 112 valence electrons. The number of halogens is 1. The first-order valence-corrected chi connectivity index (χ1v) is 6.41. The van der Waals surface area contributed by atoms with Gasteiger partial charge in [-0.2, -0.15) is 0 Å². The van der Waals surface area contributed by atoms with Gasteiger partial charge in [-0.25, -0.2) is 0 Å². The fourth-order valence-electron chi connectivity index (χ4n) is 1.76. The quantitative estimate of drug-likeness (QED) is 0.665. The van der Waals surface area contributed by atoms with Gasteiger partial charge in [0.25, 0.3) is 11.6 Å². The van der Waals surface area contributed by atoms with Gasteiger partial charge in [0.2, 0.25) is 5.91 Å². The van der Waals surface area contributed by atoms with Crippen LogP contribution in [0.25, 0.3) is 0 Å². The van der Waals surface area contributed by atoms with Gasteiger partial charge in [0.15, 0.2) is 0 Å². The van der Waals surface area contributed by atoms with E-state index in [2.05, 4.69) is 5.32 Å². The maximum absolute atomic E-state index is 12.1. The highest BCUT2D eigenvalue weighted by Gasteiger charge is 2.13. The smallest absolute Gasteiger partial charge is 0.270 e. The van der Waals surface area contributed by atoms with E-state index in [1.54, 1.807) is 0 Å². The van der Waals surface area contributed by atoms with Crippen molar-refractivity contribution in [3.05, 3.63) is 68.7 Å². The topological polar surface area (TPSA) is 115 Å². The molecule has 2 rings (SSSR count). The fraction of sp³-hybridized carbons (Fsp3) is 0. The van der Waals surface area contributed by atoms with Crippen molar-refractivity contribution in [3.63, 3.8) is 0 Å². The molecule has 2 amide bonds. The van der Waals surface area contributed by atoms with E-state index < -0.39 is 16.7 Å². The van der Waals surface area contributed by atoms with E-state index >= 15 is 0 Å². The van der Waals surface area contributed by atoms with Crippen LogP contribution in [0.15, 0.2) is 42.5 Å². The van der Waals surface area contributed by atoms with Gasteiger partial charge >= 0.3 is 0 Å². The number of nitrogens with two attached hydrogens (primary N) is 1. The minimum atomic E-state index is -0.726. The molecule has 2 aromatic rings. The second kappa shape index (κ2) is 6.23. The zero-order valence-electron chi connectivity index (χ0n) is 11.1. The van der Waals surface area contributed by atoms with E-state index in [-0.39, 0.29) is 21.8 Å². The van der Waals surface area contributed by atoms with Gasteiger partial charge in [-0.15, -0.1) is 0 Å². The van der Waals surface area contributed by atoms with Crippen LogP contribution in [0.2, 0.25) is 5.02 Å². The molecule has 0 aromatic heterocycles. The summed E-state index contributed by atoms with van der Waals surface area (Å²) in [5, 5.41) is 13.4. The van der Waals surface area contributed by atoms with Crippen LogP contribution in [0.1, 0.15) is 20.7 Å². The molecule has 7 nitrogen and oxygen atoms in total. The van der Waals surface area contributed by atoms with E-state index in [1.165, 1.54) is 36.4 Å². The molecule has 0 saturated heterocycles. The lowest BCUT2D eigenvalue weighted by molar-refractivity contribution is -0.384. The summed E-state index contributed by atoms with van der Waals surface area (Å²) in [5.74, 6) is -1.28. The molecular weight excluding hydrogens is 310 g/mol. The molecule has 0 spiro atoms. The van der Waals surface area contributed by atoms with Gasteiger partial charge in [0.1, 0.15) is 0 Å². The van der Waals surface area contributed by atoms with Crippen LogP contribution in [-0.4, -0.2) is 16.7 Å². The number of nitrogens with one attached hydrogen (secondary N) is 1. The Kier molecular flexibility index (Phi) is 4.38. The molecule has 0 fully saturated rings. The number of carbonyl (C=O) groups is 2. The normalized spacial score (nSPS) is 10.0. The number of hydrogen-bond donors (Lipinski definition) is 2. The summed E-state index contributed by atoms with van der Waals surface area (Å²) in [6.07, 6.45) is 0. The third kappa shape index (κ3) is 3.39. The first kappa shape index (κ1) is 15.5. The van der Waals surface area contributed by atoms with Gasteiger partial charge in [-0.1, -0.05) is 17.7 Å². The molecule has 8 heteroatoms. The number of hydrogen-bond acceptors (Lipinski definition) is 4. The Bertz CT molecular complexity index is 776. The summed E-state index contributed by atoms with van der Waals surface area (Å²) in [7, 11) is 0. The molecule has 2 aromatic carbocycles. The second-order valence-electron chi connectivity index (χ2n) is 4.32. The number of nitrogens with zero attached hydrogens (tertiary/aromatic N) is 1. The molecule has 3 N–H and O–H groups in total. The molecule has 0 radical (unpaired) electrons. The average Bonchev–Trinajstić information content (AvgIpc) is 2.49. The third-order valence-electron chi connectivity index (χ3n) is 2.81. The Morgan fingerprint density at radius 3 is 2.55 bits per heavy atom. The Labute approximate surface area is 129 Å². The molecule has 0 aliphatic heterocycles. The highest BCUT2D eigenvalue weighted by atomic mass is 35.5. The first-order chi connectivity index (χ1) is 10.4. The number of non-ortho nitro benzene ring substituents is 1. The van der Waals surface area contributed by atoms with Crippen molar-refractivity contribution in [3.8, 4) is 0 Å². The molecule has 0 aliphatic rings. The molecular formula is C14H10ClN3O4. The van der Waals surface area contributed by atoms with Gasteiger partial charge < -0.3 is 11.1 Å². The largest absolute Gasteiger partial charge is 0.366 e. The predicted octanol–water partition coefficient (Wildman–Crippen LogP) is 2.60. The maximum atomic E-state index is 12.1. The van der Waals surface area contributed by atoms with Crippen LogP contribution < -0.4 is 11.1 Å². The van der Waals surface area contributed by atoms with Crippen LogP contribution in [-0.2, 0) is 0 Å². The summed E-state index contributed by atoms with van der Waals surface area (Å²) in [6, 6.07) is 9.52. The van der Waals surface area contributed by atoms with Gasteiger partial charge in [0, 0.05) is 23.4 Å². The van der Waals surface area contributed by atoms with E-state index in [4.69, 9.17) is 17.3 Å². The summed E-state index contributed by atoms with van der Waals surface area (Å²) in [4.78, 5) is 33.4. The molecule has 0 heterocycles. The molecule has 0 saturated carbocycles. The lowest BCUT2D eigenvalue weighted by Crippen LogP contribution is -2.15. The Morgan fingerprint density at radius 2 is 1.91 bits per heavy atom. The third-order valence-corrected chi connectivity index (χ3v) is 3.14. The summed E-state index contributed by atoms with van der Waals surface area (Å²) >= 11 is 5.81. The van der Waals surface area contributed by atoms with Crippen molar-refractivity contribution >= 4 is 34.8 Å². The SMILES string of the molecule is NC(=O)c1cc(NC(=O)c2cccc([N+](=O)[O-])c2)ccc1Cl. The standard InChI is InChI=1S/C14H10ClN3O4/c15-12-5-4-9(7-11(12)13(16)19)17-14(20)8-2-1-3-10(6-8)18(21)22/h1-7H,(H2,16,19)(H,17,20). The van der Waals surface area contributed by atoms with Crippen LogP contribution in [0.3, 0.4) is 0 Å². The van der Waals surface area contributed by atoms with Gasteiger partial charge in [-0.05, 0) is 24.3 Å². The molecule has 0 aliphatic carbocycles. The summed E-state index contributed by atoms with van der Waals surface area (Å²) in [5.41, 5.74) is 5.46. The summed E-state index contributed by atoms with van der Waals surface area (Å²) < 4.78 is 0. The Morgan fingerprint density at radius 1 is 1.18 bits per heavy atom. The lowest BCUT2D eigenvalue weighted by atomic mass is 10.1. The number of benzene rings is 2. The Hall–Kier alpha value is -2.93. The van der Waals surface area contributed by atoms with Crippen molar-refractivity contribution < 1.29 is 14.5 Å². The van der Waals surface area contributed by atoms with Gasteiger partial charge in [0.05, 0.1) is 15.5 Å². The van der Waals surface area contributed by atoms with E-state index in [0.29, 0.717) is 5.69 Å². The van der Waals surface area contributed by atoms with Crippen molar-refractivity contribution in [1.82, 2.24) is 0 Å². The first-order valence-electron chi connectivity index (χ1n) is 6.03. The zero-order chi connectivity index (χ0) is 16.3. The number of nitro benzene ring substituents is 1. The van der Waals surface area contributed by atoms with Crippen LogP contribution >= 0.6 is 11.6 Å². The van der Waals surface area contributed by atoms with Crippen LogP contribution in [0.4, 0.5) is 11.4 Å².